The fourth-order valence-electron chi connectivity index (χ4n) is 3.94. The third-order valence-electron chi connectivity index (χ3n) is 5.15. The van der Waals surface area contributed by atoms with Crippen LogP contribution in [0.5, 0.6) is 0 Å². The van der Waals surface area contributed by atoms with Crippen molar-refractivity contribution in [1.29, 1.82) is 0 Å². The zero-order valence-electron chi connectivity index (χ0n) is 14.8. The van der Waals surface area contributed by atoms with Crippen LogP contribution in [0, 0.1) is 6.92 Å². The number of ether oxygens (including phenoxy) is 1. The van der Waals surface area contributed by atoms with Gasteiger partial charge in [0.2, 0.25) is 10.0 Å². The predicted molar refractivity (Wildman–Crippen MR) is 92.1 cm³/mol. The summed E-state index contributed by atoms with van der Waals surface area (Å²) >= 11 is 0. The van der Waals surface area contributed by atoms with Crippen molar-refractivity contribution in [3.63, 3.8) is 0 Å². The van der Waals surface area contributed by atoms with Crippen molar-refractivity contribution in [2.75, 3.05) is 26.0 Å². The molecule has 0 radical (unpaired) electrons. The van der Waals surface area contributed by atoms with Crippen LogP contribution in [0.1, 0.15) is 36.9 Å². The molecule has 136 valence electrons. The molecule has 0 bridgehead atoms. The van der Waals surface area contributed by atoms with E-state index in [9.17, 15) is 8.42 Å². The minimum atomic E-state index is -3.16. The summed E-state index contributed by atoms with van der Waals surface area (Å²) in [6, 6.07) is 0.000804. The van der Waals surface area contributed by atoms with Gasteiger partial charge in [0.1, 0.15) is 0 Å². The quantitative estimate of drug-likeness (QED) is 0.863. The van der Waals surface area contributed by atoms with Gasteiger partial charge < -0.3 is 4.74 Å². The highest BCUT2D eigenvalue weighted by atomic mass is 32.2. The summed E-state index contributed by atoms with van der Waals surface area (Å²) in [7, 11) is -1.21. The van der Waals surface area contributed by atoms with Crippen LogP contribution in [0.2, 0.25) is 0 Å². The van der Waals surface area contributed by atoms with Crippen LogP contribution in [-0.2, 0) is 28.4 Å². The smallest absolute Gasteiger partial charge is 0.208 e. The molecule has 1 aromatic rings. The van der Waals surface area contributed by atoms with E-state index in [0.717, 1.165) is 51.0 Å². The van der Waals surface area contributed by atoms with Gasteiger partial charge in [-0.2, -0.15) is 5.10 Å². The average molecular weight is 356 g/mol. The number of sulfonamides is 1. The molecular formula is C16H28N4O3S. The summed E-state index contributed by atoms with van der Waals surface area (Å²) in [6.07, 6.45) is 6.76. The molecule has 8 heteroatoms. The monoisotopic (exact) mass is 356 g/mol. The lowest BCUT2D eigenvalue weighted by Gasteiger charge is -2.46. The Morgan fingerprint density at radius 1 is 1.42 bits per heavy atom. The Labute approximate surface area is 144 Å². The van der Waals surface area contributed by atoms with Gasteiger partial charge in [0.05, 0.1) is 17.6 Å². The standard InChI is InChI=1S/C16H28N4O3S/c1-13-14(11-19(2)17-13)12-20-7-5-16(6-8-20)10-15(4-9-23-16)18-24(3,21)22/h11,15,18H,4-10,12H2,1-3H3/t15-/m0/s1. The van der Waals surface area contributed by atoms with Gasteiger partial charge in [-0.05, 0) is 32.6 Å². The third kappa shape index (κ3) is 4.36. The Balaban J connectivity index is 1.56. The van der Waals surface area contributed by atoms with Crippen molar-refractivity contribution < 1.29 is 13.2 Å². The van der Waals surface area contributed by atoms with E-state index in [1.165, 1.54) is 11.8 Å². The highest BCUT2D eigenvalue weighted by Gasteiger charge is 2.40. The number of aromatic nitrogens is 2. The second-order valence-corrected chi connectivity index (χ2v) is 9.08. The maximum absolute atomic E-state index is 11.5. The Kier molecular flexibility index (Phi) is 5.01. The van der Waals surface area contributed by atoms with Crippen LogP contribution >= 0.6 is 0 Å². The first kappa shape index (κ1) is 17.8. The van der Waals surface area contributed by atoms with Gasteiger partial charge in [-0.1, -0.05) is 0 Å². The molecule has 1 aromatic heterocycles. The number of nitrogens with zero attached hydrogens (tertiary/aromatic N) is 3. The second kappa shape index (κ2) is 6.74. The fraction of sp³-hybridized carbons (Fsp3) is 0.812. The van der Waals surface area contributed by atoms with Crippen molar-refractivity contribution in [1.82, 2.24) is 19.4 Å². The van der Waals surface area contributed by atoms with E-state index in [-0.39, 0.29) is 11.6 Å². The third-order valence-corrected chi connectivity index (χ3v) is 5.91. The zero-order chi connectivity index (χ0) is 17.4. The number of aryl methyl sites for hydroxylation is 2. The number of hydrogen-bond donors (Lipinski definition) is 1. The molecule has 0 aromatic carbocycles. The van der Waals surface area contributed by atoms with Gasteiger partial charge in [-0.3, -0.25) is 9.58 Å². The molecule has 7 nitrogen and oxygen atoms in total. The minimum Gasteiger partial charge on any atom is -0.375 e. The van der Waals surface area contributed by atoms with E-state index >= 15 is 0 Å². The predicted octanol–water partition coefficient (Wildman–Crippen LogP) is 0.791. The lowest BCUT2D eigenvalue weighted by molar-refractivity contribution is -0.118. The molecule has 2 aliphatic rings. The van der Waals surface area contributed by atoms with Gasteiger partial charge in [-0.25, -0.2) is 13.1 Å². The number of likely N-dealkylation sites (tertiary alicyclic amines) is 1. The second-order valence-electron chi connectivity index (χ2n) is 7.30. The van der Waals surface area contributed by atoms with Crippen LogP contribution in [0.15, 0.2) is 6.20 Å². The summed E-state index contributed by atoms with van der Waals surface area (Å²) in [5, 5.41) is 4.40. The van der Waals surface area contributed by atoms with Gasteiger partial charge in [0.15, 0.2) is 0 Å². The van der Waals surface area contributed by atoms with Crippen molar-refractivity contribution in [3.8, 4) is 0 Å². The molecule has 1 N–H and O–H groups in total. The lowest BCUT2D eigenvalue weighted by atomic mass is 9.82. The van der Waals surface area contributed by atoms with E-state index in [0.29, 0.717) is 6.61 Å². The molecule has 2 aliphatic heterocycles. The number of piperidine rings is 1. The average Bonchev–Trinajstić information content (AvgIpc) is 2.78. The number of nitrogens with one attached hydrogen (secondary N) is 1. The topological polar surface area (TPSA) is 76.5 Å². The molecule has 3 rings (SSSR count). The Hall–Kier alpha value is -0.960. The van der Waals surface area contributed by atoms with Gasteiger partial charge >= 0.3 is 0 Å². The highest BCUT2D eigenvalue weighted by molar-refractivity contribution is 7.88. The van der Waals surface area contributed by atoms with Gasteiger partial charge in [0, 0.05) is 51.1 Å². The van der Waals surface area contributed by atoms with E-state index < -0.39 is 10.0 Å². The molecule has 24 heavy (non-hydrogen) atoms. The molecule has 0 unspecified atom stereocenters. The zero-order valence-corrected chi connectivity index (χ0v) is 15.6. The largest absolute Gasteiger partial charge is 0.375 e. The van der Waals surface area contributed by atoms with Gasteiger partial charge in [0.25, 0.3) is 0 Å². The molecule has 0 saturated carbocycles. The first-order chi connectivity index (χ1) is 11.2. The highest BCUT2D eigenvalue weighted by Crippen LogP contribution is 2.35. The first-order valence-electron chi connectivity index (χ1n) is 8.57. The maximum atomic E-state index is 11.5. The van der Waals surface area contributed by atoms with Crippen molar-refractivity contribution in [2.45, 2.75) is 50.8 Å². The number of rotatable bonds is 4. The molecule has 1 spiro atoms. The van der Waals surface area contributed by atoms with Crippen molar-refractivity contribution >= 4 is 10.0 Å². The molecule has 0 aliphatic carbocycles. The first-order valence-corrected chi connectivity index (χ1v) is 10.5. The molecular weight excluding hydrogens is 328 g/mol. The SMILES string of the molecule is Cc1nn(C)cc1CN1CCC2(CC1)C[C@@H](NS(C)(=O)=O)CCO2. The Morgan fingerprint density at radius 2 is 2.12 bits per heavy atom. The lowest BCUT2D eigenvalue weighted by Crippen LogP contribution is -2.53. The summed E-state index contributed by atoms with van der Waals surface area (Å²) < 4.78 is 33.7. The molecule has 1 atom stereocenters. The van der Waals surface area contributed by atoms with Crippen LogP contribution in [0.4, 0.5) is 0 Å². The fourth-order valence-corrected chi connectivity index (χ4v) is 4.75. The van der Waals surface area contributed by atoms with Crippen LogP contribution in [0.3, 0.4) is 0 Å². The van der Waals surface area contributed by atoms with E-state index in [1.54, 1.807) is 0 Å². The van der Waals surface area contributed by atoms with E-state index in [2.05, 4.69) is 20.9 Å². The number of hydrogen-bond acceptors (Lipinski definition) is 5. The van der Waals surface area contributed by atoms with Gasteiger partial charge in [-0.15, -0.1) is 0 Å². The summed E-state index contributed by atoms with van der Waals surface area (Å²) in [6.45, 7) is 5.54. The molecule has 2 saturated heterocycles. The Morgan fingerprint density at radius 3 is 2.71 bits per heavy atom. The molecule has 0 amide bonds. The van der Waals surface area contributed by atoms with E-state index in [4.69, 9.17) is 4.74 Å². The maximum Gasteiger partial charge on any atom is 0.208 e. The van der Waals surface area contributed by atoms with Crippen LogP contribution < -0.4 is 4.72 Å². The summed E-state index contributed by atoms with van der Waals surface area (Å²) in [4.78, 5) is 2.44. The minimum absolute atomic E-state index is 0.000804. The van der Waals surface area contributed by atoms with E-state index in [1.807, 2.05) is 18.7 Å². The molecule has 3 heterocycles. The van der Waals surface area contributed by atoms with Crippen LogP contribution in [0.25, 0.3) is 0 Å². The van der Waals surface area contributed by atoms with Crippen molar-refractivity contribution in [2.24, 2.45) is 7.05 Å². The Bertz CT molecular complexity index is 677. The summed E-state index contributed by atoms with van der Waals surface area (Å²) in [5.41, 5.74) is 2.19. The summed E-state index contributed by atoms with van der Waals surface area (Å²) in [5.74, 6) is 0. The molecule has 2 fully saturated rings. The van der Waals surface area contributed by atoms with Crippen LogP contribution in [-0.4, -0.2) is 60.7 Å². The van der Waals surface area contributed by atoms with Crippen molar-refractivity contribution in [3.05, 3.63) is 17.5 Å². The normalized spacial score (nSPS) is 25.2.